The first-order valence-electron chi connectivity index (χ1n) is 7.72. The number of fused-ring (bicyclic) bond motifs is 2. The van der Waals surface area contributed by atoms with Gasteiger partial charge in [-0.2, -0.15) is 0 Å². The fourth-order valence-electron chi connectivity index (χ4n) is 2.77. The molecule has 0 atom stereocenters. The van der Waals surface area contributed by atoms with Crippen LogP contribution in [0.15, 0.2) is 48.5 Å². The highest BCUT2D eigenvalue weighted by molar-refractivity contribution is 6.21. The van der Waals surface area contributed by atoms with Crippen LogP contribution in [0.5, 0.6) is 0 Å². The van der Waals surface area contributed by atoms with Gasteiger partial charge in [-0.25, -0.2) is 0 Å². The van der Waals surface area contributed by atoms with Gasteiger partial charge in [0.05, 0.1) is 17.5 Å². The molecule has 0 unspecified atom stereocenters. The average Bonchev–Trinajstić information content (AvgIpc) is 2.85. The summed E-state index contributed by atoms with van der Waals surface area (Å²) >= 11 is 0. The van der Waals surface area contributed by atoms with E-state index in [4.69, 9.17) is 0 Å². The Bertz CT molecular complexity index is 869. The summed E-state index contributed by atoms with van der Waals surface area (Å²) in [6.45, 7) is 0. The van der Waals surface area contributed by atoms with Crippen LogP contribution >= 0.6 is 0 Å². The zero-order valence-corrected chi connectivity index (χ0v) is 13.9. The largest absolute Gasteiger partial charge is 0.281 e. The first-order valence-corrected chi connectivity index (χ1v) is 7.72. The lowest BCUT2D eigenvalue weighted by Crippen LogP contribution is -2.39. The zero-order chi connectivity index (χ0) is 18.1. The molecular formula is C19H16N2O4. The van der Waals surface area contributed by atoms with Crippen LogP contribution in [0.4, 0.5) is 0 Å². The van der Waals surface area contributed by atoms with Gasteiger partial charge < -0.3 is 0 Å². The molecule has 0 bridgehead atoms. The molecule has 0 aromatic heterocycles. The number of likely N-dealkylation sites (N-methyl/N-ethyl adjacent to an activating group) is 1. The van der Waals surface area contributed by atoms with E-state index in [1.807, 2.05) is 12.1 Å². The standard InChI is InChI=1S/C10H9NO2.C9H7NO2/c1-11-9(12)6-7-4-2-3-5-8(7)10(11)13;1-10-8(11)6-4-2-3-5-7(6)9(10)12/h2-5H,6H2,1H3;2-5H,1H3. The van der Waals surface area contributed by atoms with Crippen molar-refractivity contribution in [3.63, 3.8) is 0 Å². The lowest BCUT2D eigenvalue weighted by molar-refractivity contribution is -0.127. The summed E-state index contributed by atoms with van der Waals surface area (Å²) in [7, 11) is 3.01. The number of carbonyl (C=O) groups is 4. The molecule has 126 valence electrons. The summed E-state index contributed by atoms with van der Waals surface area (Å²) < 4.78 is 0. The number of rotatable bonds is 0. The first-order chi connectivity index (χ1) is 11.9. The van der Waals surface area contributed by atoms with Crippen LogP contribution in [0.3, 0.4) is 0 Å². The highest BCUT2D eigenvalue weighted by Crippen LogP contribution is 2.20. The molecule has 2 aromatic carbocycles. The SMILES string of the molecule is CN1C(=O)Cc2ccccc2C1=O.CN1C(=O)c2ccccc2C1=O. The Hall–Kier alpha value is -3.28. The van der Waals surface area contributed by atoms with Crippen molar-refractivity contribution >= 4 is 23.6 Å². The normalized spacial score (nSPS) is 15.6. The number of imide groups is 2. The van der Waals surface area contributed by atoms with Crippen LogP contribution in [-0.4, -0.2) is 47.5 Å². The maximum atomic E-state index is 11.5. The van der Waals surface area contributed by atoms with Crippen molar-refractivity contribution in [3.05, 3.63) is 70.8 Å². The van der Waals surface area contributed by atoms with Crippen LogP contribution in [0, 0.1) is 0 Å². The van der Waals surface area contributed by atoms with Gasteiger partial charge >= 0.3 is 0 Å². The van der Waals surface area contributed by atoms with E-state index in [9.17, 15) is 19.2 Å². The zero-order valence-electron chi connectivity index (χ0n) is 13.9. The van der Waals surface area contributed by atoms with Gasteiger partial charge in [-0.05, 0) is 23.8 Å². The Kier molecular flexibility index (Phi) is 4.19. The number of hydrogen-bond acceptors (Lipinski definition) is 4. The topological polar surface area (TPSA) is 74.8 Å². The summed E-state index contributed by atoms with van der Waals surface area (Å²) in [5.74, 6) is -0.762. The maximum absolute atomic E-state index is 11.5. The molecule has 4 rings (SSSR count). The van der Waals surface area contributed by atoms with Crippen molar-refractivity contribution in [3.8, 4) is 0 Å². The lowest BCUT2D eigenvalue weighted by atomic mass is 9.99. The number of carbonyl (C=O) groups excluding carboxylic acids is 4. The predicted molar refractivity (Wildman–Crippen MR) is 90.1 cm³/mol. The molecule has 2 heterocycles. The Balaban J connectivity index is 0.000000146. The Morgan fingerprint density at radius 1 is 0.640 bits per heavy atom. The van der Waals surface area contributed by atoms with E-state index in [0.717, 1.165) is 10.5 Å². The van der Waals surface area contributed by atoms with E-state index >= 15 is 0 Å². The molecule has 2 aliphatic rings. The third-order valence-corrected chi connectivity index (χ3v) is 4.27. The second-order valence-corrected chi connectivity index (χ2v) is 5.81. The molecule has 0 saturated heterocycles. The van der Waals surface area contributed by atoms with Gasteiger partial charge in [0.1, 0.15) is 0 Å². The fourth-order valence-corrected chi connectivity index (χ4v) is 2.77. The van der Waals surface area contributed by atoms with E-state index in [1.165, 1.54) is 19.0 Å². The number of hydrogen-bond donors (Lipinski definition) is 0. The summed E-state index contributed by atoms with van der Waals surface area (Å²) in [6.07, 6.45) is 0.332. The molecule has 25 heavy (non-hydrogen) atoms. The van der Waals surface area contributed by atoms with Gasteiger partial charge in [-0.1, -0.05) is 30.3 Å². The van der Waals surface area contributed by atoms with E-state index < -0.39 is 0 Å². The van der Waals surface area contributed by atoms with E-state index in [-0.39, 0.29) is 23.6 Å². The molecule has 2 aromatic rings. The van der Waals surface area contributed by atoms with Gasteiger partial charge in [0.15, 0.2) is 0 Å². The summed E-state index contributed by atoms with van der Waals surface area (Å²) in [5, 5.41) is 0. The maximum Gasteiger partial charge on any atom is 0.261 e. The van der Waals surface area contributed by atoms with Crippen molar-refractivity contribution in [2.24, 2.45) is 0 Å². The van der Waals surface area contributed by atoms with Crippen LogP contribution < -0.4 is 0 Å². The van der Waals surface area contributed by atoms with E-state index in [2.05, 4.69) is 0 Å². The number of benzene rings is 2. The quantitative estimate of drug-likeness (QED) is 0.687. The third-order valence-electron chi connectivity index (χ3n) is 4.27. The van der Waals surface area contributed by atoms with Crippen molar-refractivity contribution in [2.45, 2.75) is 6.42 Å². The number of nitrogens with zero attached hydrogens (tertiary/aromatic N) is 2. The minimum absolute atomic E-state index is 0.135. The fraction of sp³-hybridized carbons (Fsp3) is 0.158. The highest BCUT2D eigenvalue weighted by Gasteiger charge is 2.31. The number of amides is 4. The van der Waals surface area contributed by atoms with Gasteiger partial charge in [0.25, 0.3) is 17.7 Å². The second kappa shape index (κ2) is 6.32. The highest BCUT2D eigenvalue weighted by atomic mass is 16.2. The molecule has 0 fully saturated rings. The van der Waals surface area contributed by atoms with Gasteiger partial charge in [-0.15, -0.1) is 0 Å². The van der Waals surface area contributed by atoms with Crippen molar-refractivity contribution in [2.75, 3.05) is 14.1 Å². The van der Waals surface area contributed by atoms with E-state index in [1.54, 1.807) is 36.4 Å². The monoisotopic (exact) mass is 336 g/mol. The van der Waals surface area contributed by atoms with Crippen molar-refractivity contribution in [1.82, 2.24) is 9.80 Å². The summed E-state index contributed by atoms with van der Waals surface area (Å²) in [5.41, 5.74) is 2.48. The lowest BCUT2D eigenvalue weighted by Gasteiger charge is -2.22. The van der Waals surface area contributed by atoms with Gasteiger partial charge in [0, 0.05) is 19.7 Å². The van der Waals surface area contributed by atoms with Gasteiger partial charge in [-0.3, -0.25) is 29.0 Å². The van der Waals surface area contributed by atoms with Crippen LogP contribution in [0.1, 0.15) is 36.6 Å². The molecule has 0 radical (unpaired) electrons. The second-order valence-electron chi connectivity index (χ2n) is 5.81. The average molecular weight is 336 g/mol. The molecule has 4 amide bonds. The molecule has 0 aliphatic carbocycles. The van der Waals surface area contributed by atoms with Crippen LogP contribution in [0.2, 0.25) is 0 Å². The Morgan fingerprint density at radius 2 is 1.08 bits per heavy atom. The minimum Gasteiger partial charge on any atom is -0.281 e. The van der Waals surface area contributed by atoms with Crippen LogP contribution in [-0.2, 0) is 11.2 Å². The predicted octanol–water partition coefficient (Wildman–Crippen LogP) is 1.75. The molecule has 0 saturated carbocycles. The first kappa shape index (κ1) is 16.6. The summed E-state index contributed by atoms with van der Waals surface area (Å²) in [4.78, 5) is 47.7. The van der Waals surface area contributed by atoms with Gasteiger partial charge in [0.2, 0.25) is 5.91 Å². The molecule has 6 heteroatoms. The Labute approximate surface area is 144 Å². The van der Waals surface area contributed by atoms with Crippen molar-refractivity contribution in [1.29, 1.82) is 0 Å². The molecule has 2 aliphatic heterocycles. The minimum atomic E-state index is -0.212. The summed E-state index contributed by atoms with van der Waals surface area (Å²) in [6, 6.07) is 14.0. The Morgan fingerprint density at radius 3 is 1.64 bits per heavy atom. The van der Waals surface area contributed by atoms with E-state index in [0.29, 0.717) is 23.1 Å². The molecule has 0 spiro atoms. The van der Waals surface area contributed by atoms with Crippen molar-refractivity contribution < 1.29 is 19.2 Å². The molecule has 0 N–H and O–H groups in total. The smallest absolute Gasteiger partial charge is 0.261 e. The molecular weight excluding hydrogens is 320 g/mol. The molecule has 6 nitrogen and oxygen atoms in total. The third kappa shape index (κ3) is 2.82. The van der Waals surface area contributed by atoms with Crippen LogP contribution in [0.25, 0.3) is 0 Å².